The lowest BCUT2D eigenvalue weighted by atomic mass is 10.1. The zero-order chi connectivity index (χ0) is 16.9. The Bertz CT molecular complexity index is 714. The lowest BCUT2D eigenvalue weighted by molar-refractivity contribution is -0.122. The van der Waals surface area contributed by atoms with Gasteiger partial charge < -0.3 is 15.2 Å². The van der Waals surface area contributed by atoms with Crippen LogP contribution in [0.25, 0.3) is 0 Å². The lowest BCUT2D eigenvalue weighted by Crippen LogP contribution is -2.34. The summed E-state index contributed by atoms with van der Waals surface area (Å²) in [6, 6.07) is 15.4. The quantitative estimate of drug-likeness (QED) is 0.858. The molecule has 0 radical (unpaired) electrons. The molecule has 1 aliphatic carbocycles. The van der Waals surface area contributed by atoms with Crippen LogP contribution >= 0.6 is 0 Å². The van der Waals surface area contributed by atoms with Gasteiger partial charge in [0.1, 0.15) is 5.75 Å². The fraction of sp³-hybridized carbons (Fsp3) is 0.350. The molecule has 0 aromatic heterocycles. The first-order chi connectivity index (χ1) is 11.7. The van der Waals surface area contributed by atoms with Crippen molar-refractivity contribution in [2.24, 2.45) is 0 Å². The van der Waals surface area contributed by atoms with Crippen molar-refractivity contribution in [1.82, 2.24) is 5.32 Å². The summed E-state index contributed by atoms with van der Waals surface area (Å²) in [6.45, 7) is 2.55. The van der Waals surface area contributed by atoms with Crippen molar-refractivity contribution in [2.45, 2.75) is 38.3 Å². The van der Waals surface area contributed by atoms with Gasteiger partial charge in [-0.25, -0.2) is 0 Å². The number of hydrogen-bond donors (Lipinski definition) is 2. The molecule has 4 nitrogen and oxygen atoms in total. The number of aryl methyl sites for hydroxylation is 1. The molecule has 2 N–H and O–H groups in total. The van der Waals surface area contributed by atoms with Gasteiger partial charge in [-0.3, -0.25) is 4.79 Å². The zero-order valence-electron chi connectivity index (χ0n) is 13.9. The molecule has 2 atom stereocenters. The fourth-order valence-corrected chi connectivity index (χ4v) is 3.25. The van der Waals surface area contributed by atoms with Crippen molar-refractivity contribution < 1.29 is 14.6 Å². The number of hydrogen-bond acceptors (Lipinski definition) is 3. The highest BCUT2D eigenvalue weighted by molar-refractivity contribution is 5.77. The maximum Gasteiger partial charge on any atom is 0.220 e. The minimum atomic E-state index is -0.554. The average Bonchev–Trinajstić information content (AvgIpc) is 2.90. The molecule has 2 unspecified atom stereocenters. The molecular formula is C20H23NO3. The molecule has 3 rings (SSSR count). The van der Waals surface area contributed by atoms with Crippen LogP contribution in [0.5, 0.6) is 5.75 Å². The van der Waals surface area contributed by atoms with E-state index in [4.69, 9.17) is 4.74 Å². The van der Waals surface area contributed by atoms with Crippen molar-refractivity contribution in [3.05, 3.63) is 65.2 Å². The van der Waals surface area contributed by atoms with Crippen LogP contribution < -0.4 is 10.1 Å². The van der Waals surface area contributed by atoms with Crippen molar-refractivity contribution in [2.75, 3.05) is 6.61 Å². The first-order valence-electron chi connectivity index (χ1n) is 8.45. The van der Waals surface area contributed by atoms with Crippen molar-refractivity contribution in [3.8, 4) is 5.75 Å². The third-order valence-corrected chi connectivity index (χ3v) is 4.41. The van der Waals surface area contributed by atoms with E-state index in [0.717, 1.165) is 22.4 Å². The molecule has 0 saturated carbocycles. The first kappa shape index (κ1) is 16.5. The smallest absolute Gasteiger partial charge is 0.220 e. The van der Waals surface area contributed by atoms with Crippen LogP contribution in [0.4, 0.5) is 0 Å². The van der Waals surface area contributed by atoms with Gasteiger partial charge in [-0.1, -0.05) is 42.5 Å². The normalized spacial score (nSPS) is 18.9. The van der Waals surface area contributed by atoms with Crippen molar-refractivity contribution >= 4 is 5.91 Å². The van der Waals surface area contributed by atoms with E-state index in [1.165, 1.54) is 0 Å². The molecular weight excluding hydrogens is 302 g/mol. The predicted molar refractivity (Wildman–Crippen MR) is 93.0 cm³/mol. The Morgan fingerprint density at radius 2 is 1.96 bits per heavy atom. The molecule has 1 amide bonds. The van der Waals surface area contributed by atoms with Gasteiger partial charge in [-0.15, -0.1) is 0 Å². The van der Waals surface area contributed by atoms with Crippen LogP contribution in [0.1, 0.15) is 36.1 Å². The summed E-state index contributed by atoms with van der Waals surface area (Å²) in [7, 11) is 0. The largest absolute Gasteiger partial charge is 0.494 e. The number of amides is 1. The minimum absolute atomic E-state index is 0.0537. The maximum absolute atomic E-state index is 12.3. The molecule has 0 spiro atoms. The van der Waals surface area contributed by atoms with Gasteiger partial charge in [-0.05, 0) is 36.1 Å². The van der Waals surface area contributed by atoms with E-state index in [1.54, 1.807) is 0 Å². The fourth-order valence-electron chi connectivity index (χ4n) is 3.25. The lowest BCUT2D eigenvalue weighted by Gasteiger charge is -2.18. The van der Waals surface area contributed by atoms with Gasteiger partial charge in [0.2, 0.25) is 5.91 Å². The molecule has 1 aliphatic rings. The van der Waals surface area contributed by atoms with Crippen LogP contribution in [-0.4, -0.2) is 23.7 Å². The SMILES string of the molecule is CCOc1ccccc1CCC(=O)NC1c2ccccc2CC1O. The maximum atomic E-state index is 12.3. The number of benzene rings is 2. The van der Waals surface area contributed by atoms with Crippen molar-refractivity contribution in [1.29, 1.82) is 0 Å². The summed E-state index contributed by atoms with van der Waals surface area (Å²) in [5, 5.41) is 13.2. The second-order valence-electron chi connectivity index (χ2n) is 6.06. The summed E-state index contributed by atoms with van der Waals surface area (Å²) in [6.07, 6.45) is 1.03. The molecule has 0 saturated heterocycles. The third kappa shape index (κ3) is 3.60. The van der Waals surface area contributed by atoms with Crippen LogP contribution in [0, 0.1) is 0 Å². The molecule has 0 heterocycles. The number of nitrogens with one attached hydrogen (secondary N) is 1. The number of aliphatic hydroxyl groups is 1. The summed E-state index contributed by atoms with van der Waals surface area (Å²) < 4.78 is 5.59. The number of ether oxygens (including phenoxy) is 1. The molecule has 0 bridgehead atoms. The molecule has 2 aromatic carbocycles. The standard InChI is InChI=1S/C20H23NO3/c1-2-24-18-10-6-4-7-14(18)11-12-19(23)21-20-16-9-5-3-8-15(16)13-17(20)22/h3-10,17,20,22H,2,11-13H2,1H3,(H,21,23). The number of rotatable bonds is 6. The van der Waals surface area contributed by atoms with E-state index in [0.29, 0.717) is 25.9 Å². The number of carbonyl (C=O) groups is 1. The van der Waals surface area contributed by atoms with E-state index < -0.39 is 6.10 Å². The highest BCUT2D eigenvalue weighted by Gasteiger charge is 2.31. The Kier molecular flexibility index (Phi) is 5.16. The number of carbonyl (C=O) groups excluding carboxylic acids is 1. The molecule has 2 aromatic rings. The molecule has 0 fully saturated rings. The average molecular weight is 325 g/mol. The van der Waals surface area contributed by atoms with E-state index in [2.05, 4.69) is 5.32 Å². The van der Waals surface area contributed by atoms with E-state index in [9.17, 15) is 9.90 Å². The predicted octanol–water partition coefficient (Wildman–Crippen LogP) is 2.79. The molecule has 24 heavy (non-hydrogen) atoms. The van der Waals surface area contributed by atoms with Crippen LogP contribution in [0.15, 0.2) is 48.5 Å². The van der Waals surface area contributed by atoms with E-state index in [1.807, 2.05) is 55.5 Å². The summed E-state index contributed by atoms with van der Waals surface area (Å²) in [5.74, 6) is 0.779. The van der Waals surface area contributed by atoms with Gasteiger partial charge in [0, 0.05) is 12.8 Å². The van der Waals surface area contributed by atoms with Crippen molar-refractivity contribution in [3.63, 3.8) is 0 Å². The minimum Gasteiger partial charge on any atom is -0.494 e. The molecule has 126 valence electrons. The number of para-hydroxylation sites is 1. The van der Waals surface area contributed by atoms with E-state index in [-0.39, 0.29) is 11.9 Å². The van der Waals surface area contributed by atoms with Gasteiger partial charge in [0.15, 0.2) is 0 Å². The topological polar surface area (TPSA) is 58.6 Å². The Balaban J connectivity index is 1.61. The molecule has 4 heteroatoms. The second-order valence-corrected chi connectivity index (χ2v) is 6.06. The molecule has 0 aliphatic heterocycles. The number of fused-ring (bicyclic) bond motifs is 1. The van der Waals surface area contributed by atoms with E-state index >= 15 is 0 Å². The van der Waals surface area contributed by atoms with Crippen LogP contribution in [-0.2, 0) is 17.6 Å². The van der Waals surface area contributed by atoms with Gasteiger partial charge >= 0.3 is 0 Å². The Morgan fingerprint density at radius 1 is 1.21 bits per heavy atom. The van der Waals surface area contributed by atoms with Crippen LogP contribution in [0.2, 0.25) is 0 Å². The van der Waals surface area contributed by atoms with Gasteiger partial charge in [0.05, 0.1) is 18.8 Å². The summed E-state index contributed by atoms with van der Waals surface area (Å²) in [5.41, 5.74) is 3.16. The highest BCUT2D eigenvalue weighted by Crippen LogP contribution is 2.31. The van der Waals surface area contributed by atoms with Gasteiger partial charge in [0.25, 0.3) is 0 Å². The summed E-state index contributed by atoms with van der Waals surface area (Å²) in [4.78, 5) is 12.3. The van der Waals surface area contributed by atoms with Crippen LogP contribution in [0.3, 0.4) is 0 Å². The zero-order valence-corrected chi connectivity index (χ0v) is 13.9. The monoisotopic (exact) mass is 325 g/mol. The third-order valence-electron chi connectivity index (χ3n) is 4.41. The Labute approximate surface area is 142 Å². The first-order valence-corrected chi connectivity index (χ1v) is 8.45. The highest BCUT2D eigenvalue weighted by atomic mass is 16.5. The second kappa shape index (κ2) is 7.49. The Morgan fingerprint density at radius 3 is 2.79 bits per heavy atom. The van der Waals surface area contributed by atoms with Gasteiger partial charge in [-0.2, -0.15) is 0 Å². The number of aliphatic hydroxyl groups excluding tert-OH is 1. The summed E-state index contributed by atoms with van der Waals surface area (Å²) >= 11 is 0. The Hall–Kier alpha value is -2.33.